The van der Waals surface area contributed by atoms with Crippen LogP contribution in [0.15, 0.2) is 0 Å². The average molecular weight is 391 g/mol. The third-order valence-corrected chi connectivity index (χ3v) is 10.6. The molecule has 0 aromatic heterocycles. The van der Waals surface area contributed by atoms with Crippen molar-refractivity contribution in [3.05, 3.63) is 0 Å². The fourth-order valence-electron chi connectivity index (χ4n) is 9.08. The van der Waals surface area contributed by atoms with Crippen LogP contribution in [0.25, 0.3) is 0 Å². The highest BCUT2D eigenvalue weighted by Gasteiger charge is 2.78. The van der Waals surface area contributed by atoms with Gasteiger partial charge in [-0.2, -0.15) is 0 Å². The van der Waals surface area contributed by atoms with Gasteiger partial charge in [-0.1, -0.05) is 13.8 Å². The Balaban J connectivity index is 1.37. The monoisotopic (exact) mass is 390 g/mol. The van der Waals surface area contributed by atoms with Crippen molar-refractivity contribution in [1.29, 1.82) is 0 Å². The number of carbonyl (C=O) groups excluding carboxylic acids is 1. The molecule has 2 saturated heterocycles. The highest BCUT2D eigenvalue weighted by Crippen LogP contribution is 2.75. The van der Waals surface area contributed by atoms with E-state index in [0.29, 0.717) is 43.5 Å². The first-order valence-electron chi connectivity index (χ1n) is 11.4. The Labute approximate surface area is 167 Å². The number of hydrogen-bond acceptors (Lipinski definition) is 5. The van der Waals surface area contributed by atoms with E-state index in [0.717, 1.165) is 44.9 Å². The van der Waals surface area contributed by atoms with Gasteiger partial charge in [0.05, 0.1) is 19.3 Å². The van der Waals surface area contributed by atoms with Crippen LogP contribution in [0.3, 0.4) is 0 Å². The number of hydrogen-bond donors (Lipinski definition) is 1. The van der Waals surface area contributed by atoms with Crippen molar-refractivity contribution in [2.45, 2.75) is 95.2 Å². The van der Waals surface area contributed by atoms with E-state index in [2.05, 4.69) is 13.8 Å². The number of Topliss-reactive ketones (excluding diaryl/α,β-unsaturated/α-hetero) is 1. The lowest BCUT2D eigenvalue weighted by Gasteiger charge is -2.61. The third-order valence-electron chi connectivity index (χ3n) is 10.6. The van der Waals surface area contributed by atoms with Gasteiger partial charge >= 0.3 is 0 Å². The van der Waals surface area contributed by atoms with E-state index in [1.807, 2.05) is 0 Å². The zero-order valence-corrected chi connectivity index (χ0v) is 17.5. The molecule has 8 atom stereocenters. The minimum absolute atomic E-state index is 0.0119. The molecule has 1 N–H and O–H groups in total. The molecule has 156 valence electrons. The van der Waals surface area contributed by atoms with Gasteiger partial charge in [-0.05, 0) is 63.2 Å². The van der Waals surface area contributed by atoms with Gasteiger partial charge in [-0.25, -0.2) is 0 Å². The van der Waals surface area contributed by atoms with Crippen molar-refractivity contribution >= 4 is 5.78 Å². The molecule has 0 aromatic carbocycles. The zero-order chi connectivity index (χ0) is 19.6. The molecular weight excluding hydrogens is 356 g/mol. The summed E-state index contributed by atoms with van der Waals surface area (Å²) < 4.78 is 18.8. The lowest BCUT2D eigenvalue weighted by Crippen LogP contribution is -2.63. The predicted molar refractivity (Wildman–Crippen MR) is 101 cm³/mol. The first-order valence-corrected chi connectivity index (χ1v) is 11.4. The minimum atomic E-state index is -1.14. The summed E-state index contributed by atoms with van der Waals surface area (Å²) in [4.78, 5) is 12.4. The van der Waals surface area contributed by atoms with Gasteiger partial charge in [-0.15, -0.1) is 0 Å². The molecule has 5 nitrogen and oxygen atoms in total. The fourth-order valence-corrected chi connectivity index (χ4v) is 9.08. The van der Waals surface area contributed by atoms with Crippen LogP contribution in [0.2, 0.25) is 0 Å². The van der Waals surface area contributed by atoms with E-state index in [-0.39, 0.29) is 22.2 Å². The summed E-state index contributed by atoms with van der Waals surface area (Å²) in [6.45, 7) is 7.61. The molecule has 2 spiro atoms. The topological polar surface area (TPSA) is 68.3 Å². The maximum Gasteiger partial charge on any atom is 0.169 e. The molecule has 6 aliphatic rings. The Morgan fingerprint density at radius 1 is 0.964 bits per heavy atom. The number of ketones is 1. The number of aliphatic hydroxyl groups is 1. The molecule has 8 unspecified atom stereocenters. The second-order valence-electron chi connectivity index (χ2n) is 11.2. The van der Waals surface area contributed by atoms with Crippen LogP contribution in [-0.4, -0.2) is 47.2 Å². The summed E-state index contributed by atoms with van der Waals surface area (Å²) in [5.74, 6) is 1.04. The summed E-state index contributed by atoms with van der Waals surface area (Å²) >= 11 is 0. The van der Waals surface area contributed by atoms with Crippen LogP contribution >= 0.6 is 0 Å². The maximum atomic E-state index is 12.4. The van der Waals surface area contributed by atoms with Crippen LogP contribution < -0.4 is 0 Å². The molecule has 4 aliphatic carbocycles. The van der Waals surface area contributed by atoms with Crippen molar-refractivity contribution in [3.63, 3.8) is 0 Å². The highest BCUT2D eigenvalue weighted by atomic mass is 16.7. The summed E-state index contributed by atoms with van der Waals surface area (Å²) in [7, 11) is 0. The molecule has 6 fully saturated rings. The Kier molecular flexibility index (Phi) is 3.41. The largest absolute Gasteiger partial charge is 0.382 e. The van der Waals surface area contributed by atoms with Gasteiger partial charge in [0.15, 0.2) is 11.6 Å². The molecule has 0 radical (unpaired) electrons. The van der Waals surface area contributed by atoms with Crippen LogP contribution in [0.5, 0.6) is 0 Å². The molecule has 0 aromatic rings. The van der Waals surface area contributed by atoms with E-state index in [1.54, 1.807) is 6.92 Å². The number of epoxide rings is 1. The van der Waals surface area contributed by atoms with Gasteiger partial charge in [0.1, 0.15) is 11.2 Å². The average Bonchev–Trinajstić information content (AvgIpc) is 3.05. The normalized spacial score (nSPS) is 58.6. The number of rotatable bonds is 1. The molecule has 4 saturated carbocycles. The lowest BCUT2D eigenvalue weighted by molar-refractivity contribution is -0.237. The molecule has 2 heterocycles. The molecule has 0 amide bonds. The number of fused-ring (bicyclic) bond motifs is 4. The van der Waals surface area contributed by atoms with Crippen LogP contribution in [0, 0.1) is 28.6 Å². The Bertz CT molecular complexity index is 731. The smallest absolute Gasteiger partial charge is 0.169 e. The van der Waals surface area contributed by atoms with Gasteiger partial charge in [0.2, 0.25) is 0 Å². The quantitative estimate of drug-likeness (QED) is 0.696. The van der Waals surface area contributed by atoms with Crippen molar-refractivity contribution in [1.82, 2.24) is 0 Å². The van der Waals surface area contributed by atoms with Gasteiger partial charge in [0.25, 0.3) is 0 Å². The van der Waals surface area contributed by atoms with Gasteiger partial charge < -0.3 is 19.3 Å². The lowest BCUT2D eigenvalue weighted by atomic mass is 9.43. The summed E-state index contributed by atoms with van der Waals surface area (Å²) in [6.07, 6.45) is 7.93. The fraction of sp³-hybridized carbons (Fsp3) is 0.957. The molecule has 5 heteroatoms. The molecule has 2 aliphatic heterocycles. The zero-order valence-electron chi connectivity index (χ0n) is 17.5. The molecular formula is C23H34O5. The summed E-state index contributed by atoms with van der Waals surface area (Å²) in [5.41, 5.74) is -1.37. The van der Waals surface area contributed by atoms with Gasteiger partial charge in [-0.3, -0.25) is 4.79 Å². The Morgan fingerprint density at radius 2 is 1.64 bits per heavy atom. The van der Waals surface area contributed by atoms with E-state index >= 15 is 0 Å². The second-order valence-corrected chi connectivity index (χ2v) is 11.2. The summed E-state index contributed by atoms with van der Waals surface area (Å²) in [6, 6.07) is 0. The van der Waals surface area contributed by atoms with E-state index in [9.17, 15) is 9.90 Å². The highest BCUT2D eigenvalue weighted by molar-refractivity contribution is 5.86. The minimum Gasteiger partial charge on any atom is -0.382 e. The van der Waals surface area contributed by atoms with Crippen molar-refractivity contribution in [2.24, 2.45) is 28.6 Å². The SMILES string of the molecule is CC(=O)C1(O)CCC2C3CC4OC45CCC4(CC5(C)C3CCC21C)OCCO4. The summed E-state index contributed by atoms with van der Waals surface area (Å²) in [5, 5.41) is 11.3. The van der Waals surface area contributed by atoms with E-state index < -0.39 is 11.4 Å². The molecule has 0 bridgehead atoms. The maximum absolute atomic E-state index is 12.4. The first-order chi connectivity index (χ1) is 13.2. The number of carbonyl (C=O) groups is 1. The second kappa shape index (κ2) is 5.22. The predicted octanol–water partition coefficient (Wildman–Crippen LogP) is 3.22. The Hall–Kier alpha value is -0.490. The van der Waals surface area contributed by atoms with Crippen LogP contribution in [-0.2, 0) is 19.0 Å². The van der Waals surface area contributed by atoms with Crippen LogP contribution in [0.4, 0.5) is 0 Å². The van der Waals surface area contributed by atoms with E-state index in [1.165, 1.54) is 0 Å². The van der Waals surface area contributed by atoms with Gasteiger partial charge in [0, 0.05) is 23.7 Å². The van der Waals surface area contributed by atoms with Crippen molar-refractivity contribution in [2.75, 3.05) is 13.2 Å². The molecule has 6 rings (SSSR count). The molecule has 28 heavy (non-hydrogen) atoms. The first kappa shape index (κ1) is 18.3. The van der Waals surface area contributed by atoms with E-state index in [4.69, 9.17) is 14.2 Å². The van der Waals surface area contributed by atoms with Crippen molar-refractivity contribution in [3.8, 4) is 0 Å². The van der Waals surface area contributed by atoms with Crippen LogP contribution in [0.1, 0.15) is 72.1 Å². The van der Waals surface area contributed by atoms with Crippen molar-refractivity contribution < 1.29 is 24.1 Å². The number of ether oxygens (including phenoxy) is 3. The third kappa shape index (κ3) is 1.87. The Morgan fingerprint density at radius 3 is 2.36 bits per heavy atom. The standard InChI is InChI=1S/C23H34O5/c1-14(24)22(25)7-5-16-15-12-18-23(28-18)9-8-21(26-10-11-27-21)13-20(23,3)17(15)4-6-19(16,22)2/h15-18,25H,4-13H2,1-3H3.